The highest BCUT2D eigenvalue weighted by atomic mass is 16.1. The zero-order chi connectivity index (χ0) is 11.3. The van der Waals surface area contributed by atoms with Gasteiger partial charge in [-0.1, -0.05) is 19.8 Å². The molecular weight excluding hydrogens is 190 g/mol. The molecule has 4 nitrogen and oxygen atoms in total. The van der Waals surface area contributed by atoms with Gasteiger partial charge in [-0.3, -0.25) is 4.79 Å². The zero-order valence-corrected chi connectivity index (χ0v) is 9.54. The Balaban J connectivity index is 2.11. The van der Waals surface area contributed by atoms with E-state index in [1.165, 1.54) is 25.7 Å². The van der Waals surface area contributed by atoms with Gasteiger partial charge in [0.05, 0.1) is 6.04 Å². The second-order valence-electron chi connectivity index (χ2n) is 4.80. The number of nitrogens with one attached hydrogen (secondary N) is 1. The number of carbonyl (C=O) groups excluding carboxylic acids is 1. The fraction of sp³-hybridized carbons (Fsp3) is 0.909. The third kappa shape index (κ3) is 4.62. The van der Waals surface area contributed by atoms with Gasteiger partial charge in [0.1, 0.15) is 0 Å². The maximum atomic E-state index is 10.7. The number of nitrogens with two attached hydrogens (primary N) is 2. The van der Waals surface area contributed by atoms with Crippen molar-refractivity contribution in [2.45, 2.75) is 38.6 Å². The van der Waals surface area contributed by atoms with Crippen molar-refractivity contribution < 1.29 is 4.79 Å². The molecule has 0 radical (unpaired) electrons. The van der Waals surface area contributed by atoms with E-state index in [0.29, 0.717) is 6.54 Å². The molecule has 0 aromatic rings. The Morgan fingerprint density at radius 2 is 2.27 bits per heavy atom. The molecule has 0 saturated heterocycles. The van der Waals surface area contributed by atoms with Crippen molar-refractivity contribution in [1.82, 2.24) is 5.32 Å². The molecule has 1 amide bonds. The molecular formula is C11H23N3O. The molecule has 0 bridgehead atoms. The lowest BCUT2D eigenvalue weighted by atomic mass is 9.82. The molecule has 0 aromatic heterocycles. The van der Waals surface area contributed by atoms with Gasteiger partial charge in [0, 0.05) is 6.54 Å². The fourth-order valence-corrected chi connectivity index (χ4v) is 2.29. The highest BCUT2D eigenvalue weighted by Gasteiger charge is 2.18. The summed E-state index contributed by atoms with van der Waals surface area (Å²) in [6.07, 6.45) is 5.27. The molecule has 88 valence electrons. The normalized spacial score (nSPS) is 28.7. The summed E-state index contributed by atoms with van der Waals surface area (Å²) in [6.45, 7) is 3.77. The summed E-state index contributed by atoms with van der Waals surface area (Å²) >= 11 is 0. The van der Waals surface area contributed by atoms with Crippen LogP contribution in [0.15, 0.2) is 0 Å². The quantitative estimate of drug-likeness (QED) is 0.611. The summed E-state index contributed by atoms with van der Waals surface area (Å²) in [6, 6.07) is -0.550. The van der Waals surface area contributed by atoms with Crippen LogP contribution < -0.4 is 16.8 Å². The molecule has 1 saturated carbocycles. The van der Waals surface area contributed by atoms with Gasteiger partial charge in [-0.15, -0.1) is 0 Å². The van der Waals surface area contributed by atoms with Gasteiger partial charge in [-0.2, -0.15) is 0 Å². The van der Waals surface area contributed by atoms with Gasteiger partial charge in [0.15, 0.2) is 0 Å². The fourth-order valence-electron chi connectivity index (χ4n) is 2.29. The average Bonchev–Trinajstić information content (AvgIpc) is 2.17. The Labute approximate surface area is 91.8 Å². The highest BCUT2D eigenvalue weighted by Crippen LogP contribution is 2.27. The number of amides is 1. The second kappa shape index (κ2) is 6.08. The maximum Gasteiger partial charge on any atom is 0.235 e. The van der Waals surface area contributed by atoms with Gasteiger partial charge in [-0.05, 0) is 31.2 Å². The van der Waals surface area contributed by atoms with Crippen molar-refractivity contribution in [3.63, 3.8) is 0 Å². The molecule has 15 heavy (non-hydrogen) atoms. The molecule has 1 aliphatic rings. The van der Waals surface area contributed by atoms with Crippen molar-refractivity contribution in [3.05, 3.63) is 0 Å². The van der Waals surface area contributed by atoms with Crippen LogP contribution in [0.25, 0.3) is 0 Å². The first kappa shape index (κ1) is 12.5. The van der Waals surface area contributed by atoms with Crippen molar-refractivity contribution in [2.24, 2.45) is 23.3 Å². The summed E-state index contributed by atoms with van der Waals surface area (Å²) in [5, 5.41) is 3.23. The van der Waals surface area contributed by atoms with Gasteiger partial charge in [0.25, 0.3) is 0 Å². The van der Waals surface area contributed by atoms with Crippen molar-refractivity contribution in [2.75, 3.05) is 13.1 Å². The molecule has 3 atom stereocenters. The molecule has 4 heteroatoms. The van der Waals surface area contributed by atoms with Gasteiger partial charge in [0.2, 0.25) is 5.91 Å². The monoisotopic (exact) mass is 213 g/mol. The number of rotatable bonds is 5. The SMILES string of the molecule is CC1CCCC(CNCC(N)C(N)=O)C1. The zero-order valence-electron chi connectivity index (χ0n) is 9.54. The lowest BCUT2D eigenvalue weighted by Gasteiger charge is -2.27. The molecule has 1 aliphatic carbocycles. The van der Waals surface area contributed by atoms with Crippen LogP contribution in [-0.4, -0.2) is 25.0 Å². The Hall–Kier alpha value is -0.610. The van der Waals surface area contributed by atoms with Crippen molar-refractivity contribution in [1.29, 1.82) is 0 Å². The van der Waals surface area contributed by atoms with E-state index in [1.807, 2.05) is 0 Å². The van der Waals surface area contributed by atoms with Crippen LogP contribution in [0.3, 0.4) is 0 Å². The van der Waals surface area contributed by atoms with E-state index < -0.39 is 11.9 Å². The number of hydrogen-bond donors (Lipinski definition) is 3. The highest BCUT2D eigenvalue weighted by molar-refractivity contribution is 5.79. The Bertz CT molecular complexity index is 208. The maximum absolute atomic E-state index is 10.7. The van der Waals surface area contributed by atoms with Crippen LogP contribution in [0.4, 0.5) is 0 Å². The van der Waals surface area contributed by atoms with Crippen LogP contribution in [0.2, 0.25) is 0 Å². The minimum absolute atomic E-state index is 0.431. The van der Waals surface area contributed by atoms with E-state index in [1.54, 1.807) is 0 Å². The van der Waals surface area contributed by atoms with E-state index >= 15 is 0 Å². The molecule has 0 spiro atoms. The van der Waals surface area contributed by atoms with Crippen molar-refractivity contribution in [3.8, 4) is 0 Å². The van der Waals surface area contributed by atoms with E-state index in [2.05, 4.69) is 12.2 Å². The molecule has 1 fully saturated rings. The minimum atomic E-state index is -0.550. The van der Waals surface area contributed by atoms with Crippen LogP contribution in [-0.2, 0) is 4.79 Å². The standard InChI is InChI=1S/C11H23N3O/c1-8-3-2-4-9(5-8)6-14-7-10(12)11(13)15/h8-10,14H,2-7,12H2,1H3,(H2,13,15). The van der Waals surface area contributed by atoms with E-state index in [9.17, 15) is 4.79 Å². The first-order valence-corrected chi connectivity index (χ1v) is 5.85. The number of hydrogen-bond acceptors (Lipinski definition) is 3. The molecule has 1 rings (SSSR count). The smallest absolute Gasteiger partial charge is 0.235 e. The summed E-state index contributed by atoms with van der Waals surface area (Å²) in [5.74, 6) is 1.16. The third-order valence-corrected chi connectivity index (χ3v) is 3.21. The first-order valence-electron chi connectivity index (χ1n) is 5.85. The summed E-state index contributed by atoms with van der Waals surface area (Å²) in [4.78, 5) is 10.7. The van der Waals surface area contributed by atoms with E-state index in [-0.39, 0.29) is 0 Å². The van der Waals surface area contributed by atoms with Crippen LogP contribution >= 0.6 is 0 Å². The predicted molar refractivity (Wildman–Crippen MR) is 61.2 cm³/mol. The Morgan fingerprint density at radius 3 is 2.87 bits per heavy atom. The van der Waals surface area contributed by atoms with Crippen molar-refractivity contribution >= 4 is 5.91 Å². The van der Waals surface area contributed by atoms with Gasteiger partial charge < -0.3 is 16.8 Å². The Kier molecular flexibility index (Phi) is 5.05. The topological polar surface area (TPSA) is 81.1 Å². The molecule has 0 aromatic carbocycles. The predicted octanol–water partition coefficient (Wildman–Crippen LogP) is 0.215. The average molecular weight is 213 g/mol. The molecule has 5 N–H and O–H groups in total. The third-order valence-electron chi connectivity index (χ3n) is 3.21. The largest absolute Gasteiger partial charge is 0.368 e. The summed E-state index contributed by atoms with van der Waals surface area (Å²) < 4.78 is 0. The lowest BCUT2D eigenvalue weighted by molar-refractivity contribution is -0.119. The van der Waals surface area contributed by atoms with E-state index in [4.69, 9.17) is 11.5 Å². The number of carbonyl (C=O) groups is 1. The van der Waals surface area contributed by atoms with Gasteiger partial charge >= 0.3 is 0 Å². The molecule has 0 heterocycles. The first-order chi connectivity index (χ1) is 7.09. The van der Waals surface area contributed by atoms with E-state index in [0.717, 1.165) is 18.4 Å². The molecule has 0 aliphatic heterocycles. The minimum Gasteiger partial charge on any atom is -0.368 e. The van der Waals surface area contributed by atoms with Crippen LogP contribution in [0.1, 0.15) is 32.6 Å². The van der Waals surface area contributed by atoms with Gasteiger partial charge in [-0.25, -0.2) is 0 Å². The Morgan fingerprint density at radius 1 is 1.53 bits per heavy atom. The molecule has 3 unspecified atom stereocenters. The van der Waals surface area contributed by atoms with Crippen LogP contribution in [0, 0.1) is 11.8 Å². The lowest BCUT2D eigenvalue weighted by Crippen LogP contribution is -2.45. The number of primary amides is 1. The second-order valence-corrected chi connectivity index (χ2v) is 4.80. The summed E-state index contributed by atoms with van der Waals surface area (Å²) in [5.41, 5.74) is 10.6. The summed E-state index contributed by atoms with van der Waals surface area (Å²) in [7, 11) is 0. The van der Waals surface area contributed by atoms with Crippen LogP contribution in [0.5, 0.6) is 0 Å².